The first-order valence-corrected chi connectivity index (χ1v) is 7.36. The van der Waals surface area contributed by atoms with Crippen molar-refractivity contribution in [3.05, 3.63) is 23.6 Å². The van der Waals surface area contributed by atoms with Crippen LogP contribution >= 0.6 is 0 Å². The van der Waals surface area contributed by atoms with Crippen LogP contribution in [-0.2, 0) is 0 Å². The fraction of sp³-hybridized carbons (Fsp3) is 0.600. The first kappa shape index (κ1) is 14.3. The van der Waals surface area contributed by atoms with Crippen LogP contribution < -0.4 is 4.90 Å². The Morgan fingerprint density at radius 1 is 1.43 bits per heavy atom. The molecule has 2 atom stereocenters. The highest BCUT2D eigenvalue weighted by molar-refractivity contribution is 5.93. The summed E-state index contributed by atoms with van der Waals surface area (Å²) in [6.07, 6.45) is 5.54. The second-order valence-electron chi connectivity index (χ2n) is 6.07. The molecule has 2 N–H and O–H groups in total. The van der Waals surface area contributed by atoms with Gasteiger partial charge < -0.3 is 15.1 Å². The first-order valence-electron chi connectivity index (χ1n) is 7.36. The normalized spacial score (nSPS) is 29.0. The number of carboxylic acids is 1. The van der Waals surface area contributed by atoms with E-state index < -0.39 is 17.4 Å². The maximum Gasteiger partial charge on any atom is 0.339 e. The van der Waals surface area contributed by atoms with E-state index in [1.807, 2.05) is 4.90 Å². The lowest BCUT2D eigenvalue weighted by molar-refractivity contribution is -0.0613. The maximum absolute atomic E-state index is 13.2. The molecule has 0 spiro atoms. The number of aromatic nitrogens is 1. The number of aromatic carboxylic acids is 1. The van der Waals surface area contributed by atoms with Crippen LogP contribution in [0.25, 0.3) is 0 Å². The molecule has 114 valence electrons. The third kappa shape index (κ3) is 2.60. The Bertz CT molecular complexity index is 566. The second kappa shape index (κ2) is 5.26. The molecule has 2 fully saturated rings. The topological polar surface area (TPSA) is 73.7 Å². The Balaban J connectivity index is 1.87. The molecule has 21 heavy (non-hydrogen) atoms. The highest BCUT2D eigenvalue weighted by Gasteiger charge is 2.43. The number of carbonyl (C=O) groups is 1. The third-order valence-corrected chi connectivity index (χ3v) is 4.79. The minimum Gasteiger partial charge on any atom is -0.478 e. The Labute approximate surface area is 122 Å². The molecule has 0 bridgehead atoms. The van der Waals surface area contributed by atoms with Gasteiger partial charge in [0, 0.05) is 19.0 Å². The van der Waals surface area contributed by atoms with Gasteiger partial charge in [-0.25, -0.2) is 14.2 Å². The van der Waals surface area contributed by atoms with Gasteiger partial charge in [-0.15, -0.1) is 0 Å². The smallest absolute Gasteiger partial charge is 0.339 e. The van der Waals surface area contributed by atoms with Gasteiger partial charge in [-0.05, 0) is 25.3 Å². The van der Waals surface area contributed by atoms with Gasteiger partial charge in [-0.2, -0.15) is 0 Å². The van der Waals surface area contributed by atoms with Crippen molar-refractivity contribution in [1.82, 2.24) is 4.98 Å². The lowest BCUT2D eigenvalue weighted by Gasteiger charge is -2.47. The van der Waals surface area contributed by atoms with Gasteiger partial charge in [0.15, 0.2) is 0 Å². The molecule has 0 radical (unpaired) electrons. The molecule has 5 nitrogen and oxygen atoms in total. The van der Waals surface area contributed by atoms with Gasteiger partial charge in [0.2, 0.25) is 0 Å². The van der Waals surface area contributed by atoms with E-state index in [9.17, 15) is 19.4 Å². The zero-order valence-corrected chi connectivity index (χ0v) is 11.8. The highest BCUT2D eigenvalue weighted by Crippen LogP contribution is 2.41. The molecule has 0 amide bonds. The summed E-state index contributed by atoms with van der Waals surface area (Å²) in [6, 6.07) is 1.01. The van der Waals surface area contributed by atoms with Crippen molar-refractivity contribution in [3.8, 4) is 0 Å². The number of rotatable bonds is 2. The number of nitrogens with zero attached hydrogens (tertiary/aromatic N) is 2. The number of halogens is 1. The second-order valence-corrected chi connectivity index (χ2v) is 6.07. The SMILES string of the molecule is O=C(O)c1cc(F)cnc1N1CCC2(O)CCCCC2C1. The Kier molecular flexibility index (Phi) is 3.57. The Hall–Kier alpha value is -1.69. The van der Waals surface area contributed by atoms with E-state index in [4.69, 9.17) is 0 Å². The number of fused-ring (bicyclic) bond motifs is 1. The molecule has 1 aromatic heterocycles. The average molecular weight is 294 g/mol. The zero-order chi connectivity index (χ0) is 15.0. The summed E-state index contributed by atoms with van der Waals surface area (Å²) in [5, 5.41) is 19.9. The summed E-state index contributed by atoms with van der Waals surface area (Å²) in [6.45, 7) is 1.13. The van der Waals surface area contributed by atoms with Gasteiger partial charge in [0.1, 0.15) is 17.2 Å². The van der Waals surface area contributed by atoms with Gasteiger partial charge in [-0.1, -0.05) is 12.8 Å². The van der Waals surface area contributed by atoms with Gasteiger partial charge in [0.25, 0.3) is 0 Å². The van der Waals surface area contributed by atoms with Crippen LogP contribution in [0.5, 0.6) is 0 Å². The van der Waals surface area contributed by atoms with E-state index in [1.165, 1.54) is 0 Å². The summed E-state index contributed by atoms with van der Waals surface area (Å²) in [7, 11) is 0. The minimum absolute atomic E-state index is 0.115. The number of aliphatic hydroxyl groups is 1. The summed E-state index contributed by atoms with van der Waals surface area (Å²) in [5.74, 6) is -1.39. The van der Waals surface area contributed by atoms with Crippen LogP contribution in [-0.4, -0.2) is 39.9 Å². The average Bonchev–Trinajstić information content (AvgIpc) is 2.46. The quantitative estimate of drug-likeness (QED) is 0.873. The minimum atomic E-state index is -1.18. The predicted octanol–water partition coefficient (Wildman–Crippen LogP) is 2.05. The largest absolute Gasteiger partial charge is 0.478 e. The van der Waals surface area contributed by atoms with Crippen LogP contribution in [0, 0.1) is 11.7 Å². The summed E-state index contributed by atoms with van der Waals surface area (Å²) in [5.41, 5.74) is -0.741. The lowest BCUT2D eigenvalue weighted by atomic mass is 9.71. The van der Waals surface area contributed by atoms with E-state index in [1.54, 1.807) is 0 Å². The molecule has 2 aliphatic rings. The van der Waals surface area contributed by atoms with Gasteiger partial charge >= 0.3 is 5.97 Å². The Morgan fingerprint density at radius 3 is 3.00 bits per heavy atom. The molecule has 0 aromatic carbocycles. The van der Waals surface area contributed by atoms with Crippen molar-refractivity contribution >= 4 is 11.8 Å². The molecule has 1 saturated carbocycles. The molecule has 1 aliphatic heterocycles. The van der Waals surface area contributed by atoms with E-state index in [-0.39, 0.29) is 11.5 Å². The molecular weight excluding hydrogens is 275 g/mol. The fourth-order valence-electron chi connectivity index (χ4n) is 3.60. The fourth-order valence-corrected chi connectivity index (χ4v) is 3.60. The maximum atomic E-state index is 13.2. The summed E-state index contributed by atoms with van der Waals surface area (Å²) < 4.78 is 13.2. The van der Waals surface area contributed by atoms with E-state index in [2.05, 4.69) is 4.98 Å². The Morgan fingerprint density at radius 2 is 2.24 bits per heavy atom. The van der Waals surface area contributed by atoms with Crippen molar-refractivity contribution in [2.45, 2.75) is 37.7 Å². The van der Waals surface area contributed by atoms with Crippen LogP contribution in [0.2, 0.25) is 0 Å². The van der Waals surface area contributed by atoms with E-state index >= 15 is 0 Å². The van der Waals surface area contributed by atoms with Crippen LogP contribution in [0.1, 0.15) is 42.5 Å². The summed E-state index contributed by atoms with van der Waals surface area (Å²) >= 11 is 0. The molecule has 6 heteroatoms. The monoisotopic (exact) mass is 294 g/mol. The van der Waals surface area contributed by atoms with Crippen molar-refractivity contribution in [1.29, 1.82) is 0 Å². The van der Waals surface area contributed by atoms with Crippen molar-refractivity contribution in [3.63, 3.8) is 0 Å². The molecule has 3 rings (SSSR count). The highest BCUT2D eigenvalue weighted by atomic mass is 19.1. The number of anilines is 1. The molecular formula is C15H19FN2O3. The van der Waals surface area contributed by atoms with Gasteiger partial charge in [-0.3, -0.25) is 0 Å². The van der Waals surface area contributed by atoms with Gasteiger partial charge in [0.05, 0.1) is 11.8 Å². The molecule has 1 aliphatic carbocycles. The molecule has 2 unspecified atom stereocenters. The van der Waals surface area contributed by atoms with Crippen molar-refractivity contribution in [2.75, 3.05) is 18.0 Å². The van der Waals surface area contributed by atoms with Crippen LogP contribution in [0.4, 0.5) is 10.2 Å². The van der Waals surface area contributed by atoms with Crippen LogP contribution in [0.3, 0.4) is 0 Å². The van der Waals surface area contributed by atoms with E-state index in [0.29, 0.717) is 25.3 Å². The molecule has 1 saturated heterocycles. The predicted molar refractivity (Wildman–Crippen MR) is 74.9 cm³/mol. The van der Waals surface area contributed by atoms with Crippen molar-refractivity contribution in [2.24, 2.45) is 5.92 Å². The number of hydrogen-bond acceptors (Lipinski definition) is 4. The summed E-state index contributed by atoms with van der Waals surface area (Å²) in [4.78, 5) is 17.1. The third-order valence-electron chi connectivity index (χ3n) is 4.79. The molecule has 1 aromatic rings. The zero-order valence-electron chi connectivity index (χ0n) is 11.8. The number of carboxylic acid groups (broad SMARTS) is 1. The van der Waals surface area contributed by atoms with Crippen molar-refractivity contribution < 1.29 is 19.4 Å². The molecule has 2 heterocycles. The number of piperidine rings is 1. The first-order chi connectivity index (χ1) is 9.99. The lowest BCUT2D eigenvalue weighted by Crippen LogP contribution is -2.53. The van der Waals surface area contributed by atoms with Crippen LogP contribution in [0.15, 0.2) is 12.3 Å². The number of hydrogen-bond donors (Lipinski definition) is 2. The van der Waals surface area contributed by atoms with E-state index in [0.717, 1.165) is 37.9 Å². The number of pyridine rings is 1. The standard InChI is InChI=1S/C15H19FN2O3/c16-11-7-12(14(19)20)13(17-8-11)18-6-5-15(21)4-2-1-3-10(15)9-18/h7-8,10,21H,1-6,9H2,(H,19,20).